The van der Waals surface area contributed by atoms with Gasteiger partial charge in [-0.15, -0.1) is 16.8 Å². The Morgan fingerprint density at radius 1 is 1.12 bits per heavy atom. The van der Waals surface area contributed by atoms with Gasteiger partial charge in [0, 0.05) is 24.0 Å². The lowest BCUT2D eigenvalue weighted by Gasteiger charge is -2.10. The smallest absolute Gasteiger partial charge is 0.252 e. The molecule has 4 aromatic rings. The Morgan fingerprint density at radius 2 is 1.85 bits per heavy atom. The molecule has 1 aromatic carbocycles. The van der Waals surface area contributed by atoms with Gasteiger partial charge in [-0.3, -0.25) is 9.36 Å². The lowest BCUT2D eigenvalue weighted by atomic mass is 10.2. The van der Waals surface area contributed by atoms with Gasteiger partial charge < -0.3 is 5.32 Å². The molecular formula is C23H23FN8OS. The van der Waals surface area contributed by atoms with Crippen molar-refractivity contribution in [2.75, 3.05) is 11.1 Å². The number of allylic oxidation sites excluding steroid dienone is 1. The number of anilines is 1. The molecule has 11 heteroatoms. The summed E-state index contributed by atoms with van der Waals surface area (Å²) >= 11 is 1.20. The van der Waals surface area contributed by atoms with Crippen molar-refractivity contribution in [1.82, 2.24) is 34.5 Å². The molecule has 0 fully saturated rings. The van der Waals surface area contributed by atoms with E-state index >= 15 is 0 Å². The van der Waals surface area contributed by atoms with Gasteiger partial charge in [0.05, 0.1) is 17.0 Å². The minimum Gasteiger partial charge on any atom is -0.310 e. The van der Waals surface area contributed by atoms with E-state index in [0.29, 0.717) is 40.5 Å². The molecule has 4 rings (SSSR count). The SMILES string of the molecule is C=CCn1c(SCC(=O)Nc2cc(C)nn2-c2nc(C)cc(C)n2)nnc1-c1ccccc1F. The number of aryl methyl sites for hydroxylation is 3. The van der Waals surface area contributed by atoms with Gasteiger partial charge in [0.2, 0.25) is 5.91 Å². The van der Waals surface area contributed by atoms with Gasteiger partial charge in [-0.2, -0.15) is 9.78 Å². The number of hydrogen-bond acceptors (Lipinski definition) is 7. The molecule has 0 saturated heterocycles. The highest BCUT2D eigenvalue weighted by molar-refractivity contribution is 7.99. The molecule has 9 nitrogen and oxygen atoms in total. The van der Waals surface area contributed by atoms with Crippen LogP contribution in [-0.4, -0.2) is 46.2 Å². The van der Waals surface area contributed by atoms with Gasteiger partial charge in [0.25, 0.3) is 5.95 Å². The summed E-state index contributed by atoms with van der Waals surface area (Å²) in [4.78, 5) is 21.6. The van der Waals surface area contributed by atoms with Gasteiger partial charge in [-0.05, 0) is 39.0 Å². The van der Waals surface area contributed by atoms with E-state index in [9.17, 15) is 9.18 Å². The molecular weight excluding hydrogens is 455 g/mol. The second-order valence-corrected chi connectivity index (χ2v) is 8.50. The predicted molar refractivity (Wildman–Crippen MR) is 128 cm³/mol. The molecule has 0 spiro atoms. The molecule has 3 heterocycles. The Balaban J connectivity index is 1.52. The van der Waals surface area contributed by atoms with Crippen molar-refractivity contribution in [2.45, 2.75) is 32.5 Å². The molecule has 1 N–H and O–H groups in total. The van der Waals surface area contributed by atoms with E-state index in [-0.39, 0.29) is 11.7 Å². The summed E-state index contributed by atoms with van der Waals surface area (Å²) in [7, 11) is 0. The predicted octanol–water partition coefficient (Wildman–Crippen LogP) is 3.90. The maximum absolute atomic E-state index is 14.3. The van der Waals surface area contributed by atoms with Gasteiger partial charge >= 0.3 is 0 Å². The summed E-state index contributed by atoms with van der Waals surface area (Å²) in [5.41, 5.74) is 2.65. The van der Waals surface area contributed by atoms with Crippen molar-refractivity contribution >= 4 is 23.5 Å². The molecule has 0 unspecified atom stereocenters. The first-order chi connectivity index (χ1) is 16.4. The minimum absolute atomic E-state index is 0.0600. The van der Waals surface area contributed by atoms with Crippen LogP contribution in [0.25, 0.3) is 17.3 Å². The van der Waals surface area contributed by atoms with Crippen molar-refractivity contribution in [3.05, 3.63) is 72.0 Å². The average molecular weight is 479 g/mol. The monoisotopic (exact) mass is 478 g/mol. The second kappa shape index (κ2) is 9.96. The van der Waals surface area contributed by atoms with Gasteiger partial charge in [0.1, 0.15) is 11.6 Å². The molecule has 0 aliphatic rings. The Bertz CT molecular complexity index is 1340. The maximum Gasteiger partial charge on any atom is 0.252 e. The van der Waals surface area contributed by atoms with Crippen LogP contribution in [0.2, 0.25) is 0 Å². The lowest BCUT2D eigenvalue weighted by Crippen LogP contribution is -2.18. The van der Waals surface area contributed by atoms with Gasteiger partial charge in [0.15, 0.2) is 11.0 Å². The van der Waals surface area contributed by atoms with E-state index < -0.39 is 5.82 Å². The number of carbonyl (C=O) groups excluding carboxylic acids is 1. The van der Waals surface area contributed by atoms with Crippen LogP contribution in [0.15, 0.2) is 54.2 Å². The molecule has 0 bridgehead atoms. The Hall–Kier alpha value is -3.86. The topological polar surface area (TPSA) is 103 Å². The molecule has 0 aliphatic carbocycles. The number of hydrogen-bond donors (Lipinski definition) is 1. The molecule has 34 heavy (non-hydrogen) atoms. The summed E-state index contributed by atoms with van der Waals surface area (Å²) < 4.78 is 17.5. The number of amides is 1. The van der Waals surface area contributed by atoms with Crippen LogP contribution in [0.5, 0.6) is 0 Å². The summed E-state index contributed by atoms with van der Waals surface area (Å²) in [5, 5.41) is 16.1. The van der Waals surface area contributed by atoms with E-state index in [0.717, 1.165) is 11.4 Å². The average Bonchev–Trinajstić information content (AvgIpc) is 3.35. The third-order valence-electron chi connectivity index (χ3n) is 4.73. The number of thioether (sulfide) groups is 1. The van der Waals surface area contributed by atoms with E-state index in [2.05, 4.69) is 37.2 Å². The largest absolute Gasteiger partial charge is 0.310 e. The van der Waals surface area contributed by atoms with Crippen molar-refractivity contribution in [1.29, 1.82) is 0 Å². The van der Waals surface area contributed by atoms with E-state index in [1.165, 1.54) is 22.5 Å². The van der Waals surface area contributed by atoms with Crippen LogP contribution in [-0.2, 0) is 11.3 Å². The number of rotatable bonds is 8. The van der Waals surface area contributed by atoms with Crippen LogP contribution in [0.3, 0.4) is 0 Å². The highest BCUT2D eigenvalue weighted by atomic mass is 32.2. The maximum atomic E-state index is 14.3. The standard InChI is InChI=1S/C23H23FN8OS/c1-5-10-31-21(17-8-6-7-9-18(17)24)28-29-23(31)34-13-20(33)27-19-12-16(4)30-32(19)22-25-14(2)11-15(3)26-22/h5-9,11-12H,1,10,13H2,2-4H3,(H,27,33). The Morgan fingerprint density at radius 3 is 2.56 bits per heavy atom. The zero-order chi connectivity index (χ0) is 24.2. The molecule has 0 atom stereocenters. The number of nitrogens with zero attached hydrogens (tertiary/aromatic N) is 7. The van der Waals surface area contributed by atoms with Gasteiger partial charge in [-0.25, -0.2) is 14.4 Å². The first-order valence-corrected chi connectivity index (χ1v) is 11.4. The first kappa shape index (κ1) is 23.3. The number of halogens is 1. The zero-order valence-electron chi connectivity index (χ0n) is 19.0. The van der Waals surface area contributed by atoms with E-state index in [4.69, 9.17) is 0 Å². The Kier molecular flexibility index (Phi) is 6.82. The normalized spacial score (nSPS) is 10.9. The minimum atomic E-state index is -0.397. The molecule has 0 saturated carbocycles. The summed E-state index contributed by atoms with van der Waals surface area (Å²) in [6.45, 7) is 9.70. The third kappa shape index (κ3) is 5.04. The number of carbonyl (C=O) groups is 1. The molecule has 0 radical (unpaired) electrons. The second-order valence-electron chi connectivity index (χ2n) is 7.56. The van der Waals surface area contributed by atoms with Crippen LogP contribution in [0, 0.1) is 26.6 Å². The first-order valence-electron chi connectivity index (χ1n) is 10.5. The third-order valence-corrected chi connectivity index (χ3v) is 5.70. The van der Waals surface area contributed by atoms with Crippen molar-refractivity contribution in [3.8, 4) is 17.3 Å². The fraction of sp³-hybridized carbons (Fsp3) is 0.217. The summed E-state index contributed by atoms with van der Waals surface area (Å²) in [6, 6.07) is 9.97. The summed E-state index contributed by atoms with van der Waals surface area (Å²) in [5.74, 6) is 0.621. The van der Waals surface area contributed by atoms with Crippen LogP contribution < -0.4 is 5.32 Å². The fourth-order valence-electron chi connectivity index (χ4n) is 3.38. The van der Waals surface area contributed by atoms with Gasteiger partial charge in [-0.1, -0.05) is 30.0 Å². The molecule has 0 aliphatic heterocycles. The van der Waals surface area contributed by atoms with E-state index in [1.807, 2.05) is 26.8 Å². The van der Waals surface area contributed by atoms with Crippen molar-refractivity contribution in [2.24, 2.45) is 0 Å². The quantitative estimate of drug-likeness (QED) is 0.303. The van der Waals surface area contributed by atoms with E-state index in [1.54, 1.807) is 34.9 Å². The molecule has 174 valence electrons. The lowest BCUT2D eigenvalue weighted by molar-refractivity contribution is -0.113. The highest BCUT2D eigenvalue weighted by Gasteiger charge is 2.18. The summed E-state index contributed by atoms with van der Waals surface area (Å²) in [6.07, 6.45) is 1.67. The fourth-order valence-corrected chi connectivity index (χ4v) is 4.13. The number of benzene rings is 1. The Labute approximate surface area is 200 Å². The molecule has 1 amide bonds. The molecule has 3 aromatic heterocycles. The number of nitrogens with one attached hydrogen (secondary N) is 1. The zero-order valence-corrected chi connectivity index (χ0v) is 19.8. The van der Waals surface area contributed by atoms with Crippen molar-refractivity contribution < 1.29 is 9.18 Å². The van der Waals surface area contributed by atoms with Crippen molar-refractivity contribution in [3.63, 3.8) is 0 Å². The van der Waals surface area contributed by atoms with Crippen LogP contribution in [0.1, 0.15) is 17.1 Å². The highest BCUT2D eigenvalue weighted by Crippen LogP contribution is 2.26. The van der Waals surface area contributed by atoms with Crippen LogP contribution in [0.4, 0.5) is 10.2 Å². The number of aromatic nitrogens is 7. The van der Waals surface area contributed by atoms with Crippen LogP contribution >= 0.6 is 11.8 Å².